The molecule has 0 spiro atoms. The van der Waals surface area contributed by atoms with Crippen LogP contribution in [0, 0.1) is 13.8 Å². The Labute approximate surface area is 147 Å². The molecular formula is C18H13N5O3. The molecule has 4 heterocycles. The van der Waals surface area contributed by atoms with Crippen molar-refractivity contribution < 1.29 is 14.0 Å². The normalized spacial score (nSPS) is 14.0. The molecule has 0 unspecified atom stereocenters. The smallest absolute Gasteiger partial charge is 0.261 e. The van der Waals surface area contributed by atoms with E-state index in [1.807, 2.05) is 13.8 Å². The van der Waals surface area contributed by atoms with E-state index in [4.69, 9.17) is 4.42 Å². The monoisotopic (exact) mass is 347 g/mol. The average molecular weight is 347 g/mol. The first-order valence-electron chi connectivity index (χ1n) is 8.10. The molecule has 4 aromatic rings. The van der Waals surface area contributed by atoms with Gasteiger partial charge in [-0.3, -0.25) is 14.5 Å². The SMILES string of the molecule is Cc1oc2ncn3nc(CN4C(=O)c5ccccc5C4=O)nc3c2c1C. The van der Waals surface area contributed by atoms with Crippen LogP contribution in [0.1, 0.15) is 37.9 Å². The highest BCUT2D eigenvalue weighted by molar-refractivity contribution is 6.21. The van der Waals surface area contributed by atoms with Gasteiger partial charge in [0, 0.05) is 5.56 Å². The van der Waals surface area contributed by atoms with Gasteiger partial charge in [0.1, 0.15) is 12.1 Å². The maximum atomic E-state index is 12.5. The lowest BCUT2D eigenvalue weighted by molar-refractivity contribution is 0.0638. The predicted octanol–water partition coefficient (Wildman–Crippen LogP) is 2.28. The van der Waals surface area contributed by atoms with Gasteiger partial charge in [-0.2, -0.15) is 0 Å². The van der Waals surface area contributed by atoms with Gasteiger partial charge in [0.15, 0.2) is 11.5 Å². The van der Waals surface area contributed by atoms with Gasteiger partial charge in [0.2, 0.25) is 5.71 Å². The van der Waals surface area contributed by atoms with Gasteiger partial charge in [0.05, 0.1) is 23.1 Å². The van der Waals surface area contributed by atoms with Crippen LogP contribution in [0.2, 0.25) is 0 Å². The Morgan fingerprint density at radius 1 is 1.08 bits per heavy atom. The Balaban J connectivity index is 1.58. The van der Waals surface area contributed by atoms with Crippen LogP contribution < -0.4 is 0 Å². The molecule has 0 fully saturated rings. The number of carbonyl (C=O) groups excluding carboxylic acids is 2. The highest BCUT2D eigenvalue weighted by Gasteiger charge is 2.35. The van der Waals surface area contributed by atoms with Crippen LogP contribution in [0.25, 0.3) is 16.7 Å². The number of hydrogen-bond donors (Lipinski definition) is 0. The summed E-state index contributed by atoms with van der Waals surface area (Å²) in [6.07, 6.45) is 1.51. The minimum absolute atomic E-state index is 0.00536. The summed E-state index contributed by atoms with van der Waals surface area (Å²) in [5.41, 5.74) is 2.85. The molecule has 0 N–H and O–H groups in total. The lowest BCUT2D eigenvalue weighted by atomic mass is 10.1. The lowest BCUT2D eigenvalue weighted by Gasteiger charge is -2.10. The topological polar surface area (TPSA) is 93.6 Å². The van der Waals surface area contributed by atoms with E-state index in [9.17, 15) is 9.59 Å². The third-order valence-corrected chi connectivity index (χ3v) is 4.73. The van der Waals surface area contributed by atoms with Crippen molar-refractivity contribution in [2.45, 2.75) is 20.4 Å². The molecular weight excluding hydrogens is 334 g/mol. The van der Waals surface area contributed by atoms with Crippen molar-refractivity contribution in [1.82, 2.24) is 24.5 Å². The Bertz CT molecular complexity index is 1200. The molecule has 0 bridgehead atoms. The van der Waals surface area contributed by atoms with Gasteiger partial charge in [-0.25, -0.2) is 14.5 Å². The number of imide groups is 1. The molecule has 2 amide bonds. The van der Waals surface area contributed by atoms with E-state index in [2.05, 4.69) is 15.1 Å². The molecule has 0 radical (unpaired) electrons. The molecule has 0 aliphatic carbocycles. The fraction of sp³-hybridized carbons (Fsp3) is 0.167. The first-order valence-corrected chi connectivity index (χ1v) is 8.10. The Morgan fingerprint density at radius 2 is 1.77 bits per heavy atom. The number of benzene rings is 1. The van der Waals surface area contributed by atoms with Crippen LogP contribution in [-0.2, 0) is 6.54 Å². The van der Waals surface area contributed by atoms with Crippen molar-refractivity contribution in [3.05, 3.63) is 58.9 Å². The number of fused-ring (bicyclic) bond motifs is 4. The van der Waals surface area contributed by atoms with E-state index in [-0.39, 0.29) is 18.4 Å². The summed E-state index contributed by atoms with van der Waals surface area (Å²) in [5, 5.41) is 5.15. The first-order chi connectivity index (χ1) is 12.5. The van der Waals surface area contributed by atoms with Crippen LogP contribution >= 0.6 is 0 Å². The van der Waals surface area contributed by atoms with Crippen LogP contribution in [0.5, 0.6) is 0 Å². The highest BCUT2D eigenvalue weighted by Crippen LogP contribution is 2.27. The molecule has 8 heteroatoms. The summed E-state index contributed by atoms with van der Waals surface area (Å²) < 4.78 is 7.15. The molecule has 1 aliphatic rings. The van der Waals surface area contributed by atoms with Crippen LogP contribution in [0.15, 0.2) is 35.0 Å². The number of rotatable bonds is 2. The number of amides is 2. The average Bonchev–Trinajstić information content (AvgIpc) is 3.25. The number of hydrogen-bond acceptors (Lipinski definition) is 6. The second-order valence-corrected chi connectivity index (χ2v) is 6.25. The molecule has 3 aromatic heterocycles. The standard InChI is InChI=1S/C18H13N5O3/c1-9-10(2)26-16-14(9)15-20-13(21-23(15)8-19-16)7-22-17(24)11-5-3-4-6-12(11)18(22)25/h3-6,8H,7H2,1-2H3. The van der Waals surface area contributed by atoms with Crippen molar-refractivity contribution in [2.24, 2.45) is 0 Å². The Kier molecular flexibility index (Phi) is 2.83. The number of aromatic nitrogens is 4. The fourth-order valence-corrected chi connectivity index (χ4v) is 3.28. The number of nitrogens with zero attached hydrogens (tertiary/aromatic N) is 5. The number of aryl methyl sites for hydroxylation is 2. The molecule has 128 valence electrons. The quantitative estimate of drug-likeness (QED) is 0.517. The lowest BCUT2D eigenvalue weighted by Crippen LogP contribution is -2.29. The Morgan fingerprint density at radius 3 is 2.46 bits per heavy atom. The van der Waals surface area contributed by atoms with Gasteiger partial charge in [-0.1, -0.05) is 12.1 Å². The van der Waals surface area contributed by atoms with E-state index in [0.717, 1.165) is 21.6 Å². The summed E-state index contributed by atoms with van der Waals surface area (Å²) >= 11 is 0. The zero-order chi connectivity index (χ0) is 18.0. The van der Waals surface area contributed by atoms with E-state index in [1.165, 1.54) is 10.8 Å². The summed E-state index contributed by atoms with van der Waals surface area (Å²) in [4.78, 5) is 34.9. The third-order valence-electron chi connectivity index (χ3n) is 4.73. The van der Waals surface area contributed by atoms with Crippen molar-refractivity contribution in [3.8, 4) is 0 Å². The van der Waals surface area contributed by atoms with E-state index >= 15 is 0 Å². The molecule has 1 aliphatic heterocycles. The summed E-state index contributed by atoms with van der Waals surface area (Å²) in [7, 11) is 0. The van der Waals surface area contributed by atoms with Gasteiger partial charge >= 0.3 is 0 Å². The van der Waals surface area contributed by atoms with Crippen LogP contribution in [-0.4, -0.2) is 36.3 Å². The molecule has 0 saturated carbocycles. The van der Waals surface area contributed by atoms with Crippen molar-refractivity contribution in [3.63, 3.8) is 0 Å². The second-order valence-electron chi connectivity index (χ2n) is 6.25. The number of carbonyl (C=O) groups is 2. The van der Waals surface area contributed by atoms with E-state index < -0.39 is 0 Å². The molecule has 1 aromatic carbocycles. The predicted molar refractivity (Wildman–Crippen MR) is 90.7 cm³/mol. The van der Waals surface area contributed by atoms with Crippen LogP contribution in [0.4, 0.5) is 0 Å². The zero-order valence-corrected chi connectivity index (χ0v) is 14.1. The zero-order valence-electron chi connectivity index (χ0n) is 14.1. The van der Waals surface area contributed by atoms with E-state index in [0.29, 0.717) is 28.3 Å². The number of furan rings is 1. The summed E-state index contributed by atoms with van der Waals surface area (Å²) in [6, 6.07) is 6.78. The fourth-order valence-electron chi connectivity index (χ4n) is 3.28. The Hall–Kier alpha value is -3.55. The van der Waals surface area contributed by atoms with Crippen molar-refractivity contribution in [2.75, 3.05) is 0 Å². The maximum absolute atomic E-state index is 12.5. The summed E-state index contributed by atoms with van der Waals surface area (Å²) in [5.74, 6) is 0.476. The largest absolute Gasteiger partial charge is 0.443 e. The molecule has 26 heavy (non-hydrogen) atoms. The summed E-state index contributed by atoms with van der Waals surface area (Å²) in [6.45, 7) is 3.80. The molecule has 8 nitrogen and oxygen atoms in total. The minimum Gasteiger partial charge on any atom is -0.443 e. The minimum atomic E-state index is -0.330. The van der Waals surface area contributed by atoms with Gasteiger partial charge < -0.3 is 4.42 Å². The second kappa shape index (κ2) is 4.98. The highest BCUT2D eigenvalue weighted by atomic mass is 16.3. The molecule has 0 atom stereocenters. The van der Waals surface area contributed by atoms with Gasteiger partial charge in [-0.15, -0.1) is 5.10 Å². The van der Waals surface area contributed by atoms with E-state index in [1.54, 1.807) is 24.3 Å². The van der Waals surface area contributed by atoms with Crippen molar-refractivity contribution >= 4 is 28.6 Å². The maximum Gasteiger partial charge on any atom is 0.261 e. The van der Waals surface area contributed by atoms with Crippen molar-refractivity contribution in [1.29, 1.82) is 0 Å². The van der Waals surface area contributed by atoms with Gasteiger partial charge in [0.25, 0.3) is 11.8 Å². The first kappa shape index (κ1) is 14.8. The third kappa shape index (κ3) is 1.86. The molecule has 5 rings (SSSR count). The van der Waals surface area contributed by atoms with Crippen LogP contribution in [0.3, 0.4) is 0 Å². The molecule has 0 saturated heterocycles. The van der Waals surface area contributed by atoms with Gasteiger partial charge in [-0.05, 0) is 26.0 Å².